The molecule has 3 aromatic rings. The van der Waals surface area contributed by atoms with Crippen LogP contribution in [0.3, 0.4) is 0 Å². The van der Waals surface area contributed by atoms with Crippen LogP contribution in [0.25, 0.3) is 10.6 Å². The number of nitrogens with zero attached hydrogens (tertiary/aromatic N) is 2. The fraction of sp³-hybridized carbons (Fsp3) is 0.304. The molecule has 1 atom stereocenters. The van der Waals surface area contributed by atoms with Gasteiger partial charge in [-0.2, -0.15) is 0 Å². The minimum atomic E-state index is 0.0120. The lowest BCUT2D eigenvalue weighted by Crippen LogP contribution is -2.38. The highest BCUT2D eigenvalue weighted by atomic mass is 32.1. The summed E-state index contributed by atoms with van der Waals surface area (Å²) in [4.78, 5) is 19.5. The number of hydrogen-bond acceptors (Lipinski definition) is 4. The van der Waals surface area contributed by atoms with Crippen LogP contribution in [0.15, 0.2) is 66.0 Å². The summed E-state index contributed by atoms with van der Waals surface area (Å²) in [6, 6.07) is 20.6. The highest BCUT2D eigenvalue weighted by Crippen LogP contribution is 2.23. The lowest BCUT2D eigenvalue weighted by Gasteiger charge is -2.30. The van der Waals surface area contributed by atoms with Crippen molar-refractivity contribution in [1.82, 2.24) is 15.2 Å². The third-order valence-electron chi connectivity index (χ3n) is 4.84. The maximum Gasteiger partial charge on any atom is 0.226 e. The lowest BCUT2D eigenvalue weighted by molar-refractivity contribution is -0.120. The molecule has 4 nitrogen and oxygen atoms in total. The van der Waals surface area contributed by atoms with Crippen molar-refractivity contribution >= 4 is 17.2 Å². The predicted octanol–water partition coefficient (Wildman–Crippen LogP) is 4.55. The first kappa shape index (κ1) is 20.2. The van der Waals surface area contributed by atoms with Gasteiger partial charge < -0.3 is 5.32 Å². The molecule has 2 aromatic carbocycles. The van der Waals surface area contributed by atoms with E-state index in [2.05, 4.69) is 41.2 Å². The van der Waals surface area contributed by atoms with Crippen molar-refractivity contribution in [3.63, 3.8) is 0 Å². The normalized spacial score (nSPS) is 12.1. The fourth-order valence-corrected chi connectivity index (χ4v) is 4.16. The van der Waals surface area contributed by atoms with Crippen molar-refractivity contribution in [2.45, 2.75) is 26.3 Å². The highest BCUT2D eigenvalue weighted by Gasteiger charge is 2.19. The average molecular weight is 394 g/mol. The summed E-state index contributed by atoms with van der Waals surface area (Å²) in [6.07, 6.45) is 0.309. The number of amides is 1. The first-order valence-corrected chi connectivity index (χ1v) is 10.6. The van der Waals surface area contributed by atoms with Gasteiger partial charge in [0.2, 0.25) is 5.91 Å². The number of likely N-dealkylation sites (N-methyl/N-ethyl adjacent to an activating group) is 1. The predicted molar refractivity (Wildman–Crippen MR) is 116 cm³/mol. The molecule has 146 valence electrons. The van der Waals surface area contributed by atoms with Crippen molar-refractivity contribution in [1.29, 1.82) is 0 Å². The zero-order valence-corrected chi connectivity index (χ0v) is 17.3. The minimum Gasteiger partial charge on any atom is -0.354 e. The monoisotopic (exact) mass is 393 g/mol. The van der Waals surface area contributed by atoms with Gasteiger partial charge in [0.05, 0.1) is 18.2 Å². The van der Waals surface area contributed by atoms with E-state index in [9.17, 15) is 4.79 Å². The second-order valence-corrected chi connectivity index (χ2v) is 7.50. The first-order chi connectivity index (χ1) is 13.7. The summed E-state index contributed by atoms with van der Waals surface area (Å²) in [6.45, 7) is 6.79. The number of aromatic nitrogens is 1. The first-order valence-electron chi connectivity index (χ1n) is 9.76. The standard InChI is InChI=1S/C23H27N3OS/c1-3-26(4-2)21(18-11-7-5-8-12-18)16-24-22(27)15-20-17-28-23(25-20)19-13-9-6-10-14-19/h5-14,17,21H,3-4,15-16H2,1-2H3,(H,24,27). The van der Waals surface area contributed by atoms with Crippen molar-refractivity contribution in [2.24, 2.45) is 0 Å². The average Bonchev–Trinajstić information content (AvgIpc) is 3.21. The molecule has 5 heteroatoms. The van der Waals surface area contributed by atoms with Crippen LogP contribution in [-0.4, -0.2) is 35.4 Å². The molecule has 0 radical (unpaired) electrons. The van der Waals surface area contributed by atoms with Crippen LogP contribution in [-0.2, 0) is 11.2 Å². The van der Waals surface area contributed by atoms with Crippen LogP contribution in [0.5, 0.6) is 0 Å². The molecule has 3 rings (SSSR count). The Kier molecular flexibility index (Phi) is 7.34. The van der Waals surface area contributed by atoms with E-state index in [0.29, 0.717) is 13.0 Å². The number of rotatable bonds is 9. The number of thiazole rings is 1. The zero-order valence-electron chi connectivity index (χ0n) is 16.5. The van der Waals surface area contributed by atoms with E-state index < -0.39 is 0 Å². The highest BCUT2D eigenvalue weighted by molar-refractivity contribution is 7.13. The van der Waals surface area contributed by atoms with E-state index in [0.717, 1.165) is 29.4 Å². The minimum absolute atomic E-state index is 0.0120. The van der Waals surface area contributed by atoms with Gasteiger partial charge in [-0.1, -0.05) is 74.5 Å². The Morgan fingerprint density at radius 1 is 1.04 bits per heavy atom. The van der Waals surface area contributed by atoms with Gasteiger partial charge in [0, 0.05) is 17.5 Å². The second-order valence-electron chi connectivity index (χ2n) is 6.64. The van der Waals surface area contributed by atoms with Crippen molar-refractivity contribution in [3.05, 3.63) is 77.3 Å². The molecule has 1 N–H and O–H groups in total. The van der Waals surface area contributed by atoms with Crippen molar-refractivity contribution in [3.8, 4) is 10.6 Å². The maximum atomic E-state index is 12.5. The van der Waals surface area contributed by atoms with Crippen LogP contribution in [0.4, 0.5) is 0 Å². The molecule has 0 spiro atoms. The largest absolute Gasteiger partial charge is 0.354 e. The van der Waals surface area contributed by atoms with Crippen LogP contribution < -0.4 is 5.32 Å². The Hall–Kier alpha value is -2.50. The molecule has 1 heterocycles. The van der Waals surface area contributed by atoms with Gasteiger partial charge >= 0.3 is 0 Å². The van der Waals surface area contributed by atoms with Gasteiger partial charge in [-0.15, -0.1) is 11.3 Å². The molecule has 0 saturated heterocycles. The molecule has 0 fully saturated rings. The van der Waals surface area contributed by atoms with E-state index in [1.807, 2.05) is 53.9 Å². The third kappa shape index (κ3) is 5.27. The Bertz CT molecular complexity index is 860. The Balaban J connectivity index is 1.61. The Morgan fingerprint density at radius 2 is 1.68 bits per heavy atom. The van der Waals surface area contributed by atoms with E-state index >= 15 is 0 Å². The summed E-state index contributed by atoms with van der Waals surface area (Å²) < 4.78 is 0. The van der Waals surface area contributed by atoms with Gasteiger partial charge in [-0.3, -0.25) is 9.69 Å². The third-order valence-corrected chi connectivity index (χ3v) is 5.78. The number of benzene rings is 2. The molecule has 28 heavy (non-hydrogen) atoms. The molecule has 0 saturated carbocycles. The van der Waals surface area contributed by atoms with Crippen LogP contribution in [0.1, 0.15) is 31.1 Å². The van der Waals surface area contributed by atoms with Crippen molar-refractivity contribution < 1.29 is 4.79 Å². The molecule has 0 aliphatic rings. The summed E-state index contributed by atoms with van der Waals surface area (Å²) in [5, 5.41) is 6.04. The fourth-order valence-electron chi connectivity index (χ4n) is 3.34. The Labute approximate surface area is 171 Å². The van der Waals surface area contributed by atoms with E-state index in [1.165, 1.54) is 5.56 Å². The summed E-state index contributed by atoms with van der Waals surface area (Å²) in [7, 11) is 0. The number of hydrogen-bond donors (Lipinski definition) is 1. The van der Waals surface area contributed by atoms with Gasteiger partial charge in [-0.05, 0) is 18.7 Å². The molecule has 0 aliphatic heterocycles. The molecule has 1 amide bonds. The molecule has 1 aromatic heterocycles. The molecular weight excluding hydrogens is 366 g/mol. The van der Waals surface area contributed by atoms with Crippen molar-refractivity contribution in [2.75, 3.05) is 19.6 Å². The quantitative estimate of drug-likeness (QED) is 0.580. The number of nitrogens with one attached hydrogen (secondary N) is 1. The van der Waals surface area contributed by atoms with Gasteiger partial charge in [0.1, 0.15) is 5.01 Å². The smallest absolute Gasteiger partial charge is 0.226 e. The molecular formula is C23H27N3OS. The second kappa shape index (κ2) is 10.2. The molecule has 0 aliphatic carbocycles. The summed E-state index contributed by atoms with van der Waals surface area (Å²) in [5.74, 6) is 0.0120. The van der Waals surface area contributed by atoms with Gasteiger partial charge in [0.25, 0.3) is 0 Å². The van der Waals surface area contributed by atoms with Crippen LogP contribution in [0, 0.1) is 0 Å². The zero-order chi connectivity index (χ0) is 19.8. The molecule has 0 bridgehead atoms. The van der Waals surface area contributed by atoms with E-state index in [4.69, 9.17) is 0 Å². The van der Waals surface area contributed by atoms with Crippen LogP contribution >= 0.6 is 11.3 Å². The summed E-state index contributed by atoms with van der Waals surface area (Å²) in [5.41, 5.74) is 3.14. The molecule has 1 unspecified atom stereocenters. The van der Waals surface area contributed by atoms with Gasteiger partial charge in [-0.25, -0.2) is 4.98 Å². The summed E-state index contributed by atoms with van der Waals surface area (Å²) >= 11 is 1.58. The van der Waals surface area contributed by atoms with Crippen LogP contribution in [0.2, 0.25) is 0 Å². The van der Waals surface area contributed by atoms with Gasteiger partial charge in [0.15, 0.2) is 0 Å². The SMILES string of the molecule is CCN(CC)C(CNC(=O)Cc1csc(-c2ccccc2)n1)c1ccccc1. The lowest BCUT2D eigenvalue weighted by atomic mass is 10.0. The van der Waals surface area contributed by atoms with E-state index in [1.54, 1.807) is 11.3 Å². The van der Waals surface area contributed by atoms with E-state index in [-0.39, 0.29) is 11.9 Å². The number of carbonyl (C=O) groups is 1. The topological polar surface area (TPSA) is 45.2 Å². The number of carbonyl (C=O) groups excluding carboxylic acids is 1. The Morgan fingerprint density at radius 3 is 2.32 bits per heavy atom. The maximum absolute atomic E-state index is 12.5.